The lowest BCUT2D eigenvalue weighted by molar-refractivity contribution is 1.19. The molecule has 0 unspecified atom stereocenters. The summed E-state index contributed by atoms with van der Waals surface area (Å²) in [5.74, 6) is 0. The fourth-order valence-corrected chi connectivity index (χ4v) is 2.65. The molecule has 21 heavy (non-hydrogen) atoms. The van der Waals surface area contributed by atoms with Gasteiger partial charge in [0.25, 0.3) is 0 Å². The van der Waals surface area contributed by atoms with Crippen molar-refractivity contribution in [3.8, 4) is 0 Å². The Morgan fingerprint density at radius 1 is 0.810 bits per heavy atom. The van der Waals surface area contributed by atoms with Crippen molar-refractivity contribution in [3.63, 3.8) is 0 Å². The number of hydrogen-bond acceptors (Lipinski definition) is 2. The van der Waals surface area contributed by atoms with E-state index in [0.717, 1.165) is 22.6 Å². The van der Waals surface area contributed by atoms with E-state index in [9.17, 15) is 0 Å². The molecule has 0 spiro atoms. The van der Waals surface area contributed by atoms with Crippen molar-refractivity contribution in [2.75, 3.05) is 5.32 Å². The van der Waals surface area contributed by atoms with Gasteiger partial charge in [0.05, 0.1) is 11.2 Å². The summed E-state index contributed by atoms with van der Waals surface area (Å²) in [6, 6.07) is 14.7. The smallest absolute Gasteiger partial charge is 0.0755 e. The van der Waals surface area contributed by atoms with Crippen molar-refractivity contribution in [1.29, 1.82) is 0 Å². The average molecular weight is 276 g/mol. The van der Waals surface area contributed by atoms with Crippen molar-refractivity contribution >= 4 is 22.3 Å². The van der Waals surface area contributed by atoms with Crippen LogP contribution >= 0.6 is 0 Å². The Hall–Kier alpha value is -2.35. The first kappa shape index (κ1) is 13.6. The monoisotopic (exact) mass is 276 g/mol. The quantitative estimate of drug-likeness (QED) is 0.694. The second kappa shape index (κ2) is 5.21. The van der Waals surface area contributed by atoms with Crippen molar-refractivity contribution in [3.05, 3.63) is 64.8 Å². The first-order valence-electron chi connectivity index (χ1n) is 7.27. The van der Waals surface area contributed by atoms with Gasteiger partial charge in [-0.15, -0.1) is 0 Å². The molecule has 0 bridgehead atoms. The summed E-state index contributed by atoms with van der Waals surface area (Å²) in [5.41, 5.74) is 8.13. The number of nitrogens with one attached hydrogen (secondary N) is 1. The standard InChI is InChI=1S/C19H20N2/c1-12-8-5-6-11-17(12)21-19-14(3)15(4)20-18-13(2)9-7-10-16(18)19/h5-11H,1-4H3,(H,20,21). The van der Waals surface area contributed by atoms with Crippen LogP contribution in [0.4, 0.5) is 11.4 Å². The van der Waals surface area contributed by atoms with Crippen LogP contribution in [0.3, 0.4) is 0 Å². The SMILES string of the molecule is Cc1ccccc1Nc1c(C)c(C)nc2c(C)cccc12. The van der Waals surface area contributed by atoms with Gasteiger partial charge in [-0.2, -0.15) is 0 Å². The molecule has 1 N–H and O–H groups in total. The lowest BCUT2D eigenvalue weighted by atomic mass is 10.0. The largest absolute Gasteiger partial charge is 0.354 e. The molecule has 0 saturated carbocycles. The maximum atomic E-state index is 4.76. The third-order valence-electron chi connectivity index (χ3n) is 4.11. The summed E-state index contributed by atoms with van der Waals surface area (Å²) in [4.78, 5) is 4.76. The van der Waals surface area contributed by atoms with Crippen LogP contribution in [0.5, 0.6) is 0 Å². The molecule has 2 nitrogen and oxygen atoms in total. The van der Waals surface area contributed by atoms with Crippen molar-refractivity contribution < 1.29 is 0 Å². The van der Waals surface area contributed by atoms with Gasteiger partial charge in [-0.05, 0) is 50.5 Å². The van der Waals surface area contributed by atoms with E-state index < -0.39 is 0 Å². The zero-order chi connectivity index (χ0) is 15.0. The van der Waals surface area contributed by atoms with Gasteiger partial charge in [0, 0.05) is 16.8 Å². The Morgan fingerprint density at radius 2 is 1.52 bits per heavy atom. The number of hydrogen-bond donors (Lipinski definition) is 1. The molecule has 1 heterocycles. The van der Waals surface area contributed by atoms with Crippen LogP contribution in [0.1, 0.15) is 22.4 Å². The second-order valence-corrected chi connectivity index (χ2v) is 5.61. The summed E-state index contributed by atoms with van der Waals surface area (Å²) in [7, 11) is 0. The van der Waals surface area contributed by atoms with Crippen molar-refractivity contribution in [2.45, 2.75) is 27.7 Å². The van der Waals surface area contributed by atoms with Gasteiger partial charge in [0.15, 0.2) is 0 Å². The summed E-state index contributed by atoms with van der Waals surface area (Å²) in [6.07, 6.45) is 0. The molecule has 106 valence electrons. The zero-order valence-electron chi connectivity index (χ0n) is 13.0. The molecule has 0 radical (unpaired) electrons. The van der Waals surface area contributed by atoms with Crippen LogP contribution in [0, 0.1) is 27.7 Å². The minimum Gasteiger partial charge on any atom is -0.354 e. The third kappa shape index (κ3) is 2.38. The van der Waals surface area contributed by atoms with Gasteiger partial charge in [0.2, 0.25) is 0 Å². The molecule has 2 heteroatoms. The summed E-state index contributed by atoms with van der Waals surface area (Å²) in [6.45, 7) is 8.44. The van der Waals surface area contributed by atoms with Crippen molar-refractivity contribution in [2.24, 2.45) is 0 Å². The minimum atomic E-state index is 1.08. The van der Waals surface area contributed by atoms with E-state index in [1.54, 1.807) is 0 Å². The summed E-state index contributed by atoms with van der Waals surface area (Å²) in [5, 5.41) is 4.79. The first-order chi connectivity index (χ1) is 10.1. The van der Waals surface area contributed by atoms with Gasteiger partial charge in [-0.3, -0.25) is 4.98 Å². The molecule has 1 aromatic heterocycles. The summed E-state index contributed by atoms with van der Waals surface area (Å²) < 4.78 is 0. The Balaban J connectivity index is 2.24. The molecule has 0 aliphatic heterocycles. The molecular weight excluding hydrogens is 256 g/mol. The number of fused-ring (bicyclic) bond motifs is 1. The Labute approximate surface area is 125 Å². The van der Waals surface area contributed by atoms with Gasteiger partial charge < -0.3 is 5.32 Å². The van der Waals surface area contributed by atoms with Gasteiger partial charge in [-0.1, -0.05) is 36.4 Å². The van der Waals surface area contributed by atoms with Crippen LogP contribution in [0.25, 0.3) is 10.9 Å². The fraction of sp³-hybridized carbons (Fsp3) is 0.211. The zero-order valence-corrected chi connectivity index (χ0v) is 13.0. The number of para-hydroxylation sites is 2. The highest BCUT2D eigenvalue weighted by Gasteiger charge is 2.11. The maximum absolute atomic E-state index is 4.76. The van der Waals surface area contributed by atoms with Gasteiger partial charge >= 0.3 is 0 Å². The average Bonchev–Trinajstić information content (AvgIpc) is 2.47. The number of benzene rings is 2. The predicted octanol–water partition coefficient (Wildman–Crippen LogP) is 5.21. The van der Waals surface area contributed by atoms with E-state index in [-0.39, 0.29) is 0 Å². The number of nitrogens with zero attached hydrogens (tertiary/aromatic N) is 1. The normalized spacial score (nSPS) is 10.9. The van der Waals surface area contributed by atoms with Crippen LogP contribution in [0.2, 0.25) is 0 Å². The number of pyridine rings is 1. The molecule has 0 amide bonds. The van der Waals surface area contributed by atoms with E-state index in [2.05, 4.69) is 75.5 Å². The first-order valence-corrected chi connectivity index (χ1v) is 7.27. The van der Waals surface area contributed by atoms with Gasteiger partial charge in [-0.25, -0.2) is 0 Å². The Bertz CT molecular complexity index is 819. The highest BCUT2D eigenvalue weighted by atomic mass is 14.9. The van der Waals surface area contributed by atoms with Crippen LogP contribution in [-0.2, 0) is 0 Å². The second-order valence-electron chi connectivity index (χ2n) is 5.61. The number of aromatic nitrogens is 1. The van der Waals surface area contributed by atoms with Crippen LogP contribution < -0.4 is 5.32 Å². The van der Waals surface area contributed by atoms with E-state index in [4.69, 9.17) is 4.98 Å². The van der Waals surface area contributed by atoms with Crippen LogP contribution in [-0.4, -0.2) is 4.98 Å². The molecule has 0 fully saturated rings. The fourth-order valence-electron chi connectivity index (χ4n) is 2.65. The number of rotatable bonds is 2. The Kier molecular flexibility index (Phi) is 3.38. The lowest BCUT2D eigenvalue weighted by Crippen LogP contribution is -2.01. The minimum absolute atomic E-state index is 1.08. The van der Waals surface area contributed by atoms with E-state index in [1.807, 2.05) is 0 Å². The molecule has 0 aliphatic carbocycles. The molecular formula is C19H20N2. The summed E-state index contributed by atoms with van der Waals surface area (Å²) >= 11 is 0. The molecule has 0 atom stereocenters. The maximum Gasteiger partial charge on any atom is 0.0755 e. The van der Waals surface area contributed by atoms with E-state index in [0.29, 0.717) is 0 Å². The highest BCUT2D eigenvalue weighted by Crippen LogP contribution is 2.32. The molecule has 0 aliphatic rings. The van der Waals surface area contributed by atoms with Crippen molar-refractivity contribution in [1.82, 2.24) is 4.98 Å². The predicted molar refractivity (Wildman–Crippen MR) is 90.4 cm³/mol. The topological polar surface area (TPSA) is 24.9 Å². The Morgan fingerprint density at radius 3 is 2.29 bits per heavy atom. The van der Waals surface area contributed by atoms with E-state index in [1.165, 1.54) is 22.1 Å². The highest BCUT2D eigenvalue weighted by molar-refractivity contribution is 5.96. The molecule has 2 aromatic carbocycles. The number of anilines is 2. The lowest BCUT2D eigenvalue weighted by Gasteiger charge is -2.17. The number of aryl methyl sites for hydroxylation is 3. The third-order valence-corrected chi connectivity index (χ3v) is 4.11. The molecule has 3 aromatic rings. The molecule has 3 rings (SSSR count). The molecule has 0 saturated heterocycles. The van der Waals surface area contributed by atoms with Crippen LogP contribution in [0.15, 0.2) is 42.5 Å². The van der Waals surface area contributed by atoms with Gasteiger partial charge in [0.1, 0.15) is 0 Å². The van der Waals surface area contributed by atoms with E-state index >= 15 is 0 Å².